The topological polar surface area (TPSA) is 35.9 Å². The minimum absolute atomic E-state index is 1.25. The Morgan fingerprint density at radius 3 is 1.62 bits per heavy atom. The van der Waals surface area contributed by atoms with Crippen LogP contribution in [0.4, 0.5) is 0 Å². The molecule has 1 heterocycles. The van der Waals surface area contributed by atoms with Crippen LogP contribution in [0.5, 0.6) is 0 Å². The Bertz CT molecular complexity index is 34.2. The minimum Gasteiger partial charge on any atom is -0.317 e. The standard InChI is InChI=1S/C5H11N.HNS/c1-2-4-6-5-3-1;1-2/h6H,1-5H2;1H. The molecule has 0 saturated carbocycles. The summed E-state index contributed by atoms with van der Waals surface area (Å²) in [6.45, 7) is 2.50. The van der Waals surface area contributed by atoms with Crippen LogP contribution in [0.2, 0.25) is 0 Å². The third kappa shape index (κ3) is 4.15. The van der Waals surface area contributed by atoms with Crippen LogP contribution in [-0.2, 0) is 12.4 Å². The van der Waals surface area contributed by atoms with E-state index in [1.807, 2.05) is 0 Å². The van der Waals surface area contributed by atoms with E-state index in [2.05, 4.69) is 17.7 Å². The SMILES string of the molecule is C1CCNCC1.N=S. The minimum atomic E-state index is 1.25. The van der Waals surface area contributed by atoms with Gasteiger partial charge in [0.2, 0.25) is 0 Å². The van der Waals surface area contributed by atoms with E-state index in [9.17, 15) is 0 Å². The Hall–Kier alpha value is -0.0200. The number of hydrogen-bond acceptors (Lipinski definition) is 3. The van der Waals surface area contributed by atoms with E-state index in [-0.39, 0.29) is 0 Å². The van der Waals surface area contributed by atoms with E-state index in [0.29, 0.717) is 0 Å². The summed E-state index contributed by atoms with van der Waals surface area (Å²) in [4.78, 5) is 0. The van der Waals surface area contributed by atoms with Gasteiger partial charge in [-0.2, -0.15) is 0 Å². The molecular weight excluding hydrogens is 120 g/mol. The molecule has 48 valence electrons. The lowest BCUT2D eigenvalue weighted by Crippen LogP contribution is -2.21. The van der Waals surface area contributed by atoms with Gasteiger partial charge in [-0.15, -0.1) is 0 Å². The van der Waals surface area contributed by atoms with E-state index in [1.54, 1.807) is 0 Å². The van der Waals surface area contributed by atoms with Crippen molar-refractivity contribution in [1.29, 1.82) is 4.78 Å². The van der Waals surface area contributed by atoms with Crippen molar-refractivity contribution in [3.05, 3.63) is 0 Å². The maximum atomic E-state index is 5.33. The third-order valence-electron chi connectivity index (χ3n) is 1.21. The predicted molar refractivity (Wildman–Crippen MR) is 36.8 cm³/mol. The van der Waals surface area contributed by atoms with E-state index < -0.39 is 0 Å². The first-order valence-corrected chi connectivity index (χ1v) is 3.32. The van der Waals surface area contributed by atoms with Crippen molar-refractivity contribution in [3.8, 4) is 0 Å². The van der Waals surface area contributed by atoms with Crippen LogP contribution in [0.3, 0.4) is 0 Å². The Kier molecular flexibility index (Phi) is 6.96. The average Bonchev–Trinajstić information content (AvgIpc) is 1.96. The second kappa shape index (κ2) is 6.98. The molecular formula is C5H12N2S. The molecule has 2 N–H and O–H groups in total. The van der Waals surface area contributed by atoms with Gasteiger partial charge in [0, 0.05) is 12.4 Å². The van der Waals surface area contributed by atoms with Crippen molar-refractivity contribution in [2.75, 3.05) is 13.1 Å². The molecule has 0 amide bonds. The molecule has 0 spiro atoms. The molecule has 0 bridgehead atoms. The number of nitrogens with one attached hydrogen (secondary N) is 2. The van der Waals surface area contributed by atoms with Crippen molar-refractivity contribution < 1.29 is 0 Å². The molecule has 0 aromatic heterocycles. The monoisotopic (exact) mass is 132 g/mol. The second-order valence-electron chi connectivity index (χ2n) is 1.81. The molecule has 1 aliphatic heterocycles. The maximum Gasteiger partial charge on any atom is 0.0324 e. The summed E-state index contributed by atoms with van der Waals surface area (Å²) in [5.41, 5.74) is 0. The van der Waals surface area contributed by atoms with Gasteiger partial charge >= 0.3 is 0 Å². The summed E-state index contributed by atoms with van der Waals surface area (Å²) >= 11 is 3.33. The van der Waals surface area contributed by atoms with Crippen molar-refractivity contribution in [1.82, 2.24) is 5.32 Å². The molecule has 1 saturated heterocycles. The smallest absolute Gasteiger partial charge is 0.0324 e. The van der Waals surface area contributed by atoms with Gasteiger partial charge in [0.15, 0.2) is 0 Å². The third-order valence-corrected chi connectivity index (χ3v) is 1.21. The number of piperidine rings is 1. The van der Waals surface area contributed by atoms with Crippen LogP contribution in [0, 0.1) is 4.78 Å². The summed E-state index contributed by atoms with van der Waals surface area (Å²) in [6, 6.07) is 0. The Labute approximate surface area is 55.6 Å². The molecule has 0 atom stereocenters. The van der Waals surface area contributed by atoms with Crippen LogP contribution < -0.4 is 5.32 Å². The molecule has 2 nitrogen and oxygen atoms in total. The zero-order chi connectivity index (χ0) is 6.24. The normalized spacial score (nSPS) is 18.5. The Morgan fingerprint density at radius 1 is 1.00 bits per heavy atom. The largest absolute Gasteiger partial charge is 0.317 e. The van der Waals surface area contributed by atoms with Gasteiger partial charge in [0.25, 0.3) is 0 Å². The zero-order valence-electron chi connectivity index (χ0n) is 4.94. The molecule has 1 fully saturated rings. The van der Waals surface area contributed by atoms with Gasteiger partial charge < -0.3 is 5.32 Å². The fourth-order valence-corrected chi connectivity index (χ4v) is 0.802. The van der Waals surface area contributed by atoms with Crippen molar-refractivity contribution >= 4 is 12.4 Å². The molecule has 0 aromatic rings. The quantitative estimate of drug-likeness (QED) is 0.517. The van der Waals surface area contributed by atoms with Crippen LogP contribution >= 0.6 is 0 Å². The molecule has 0 radical (unpaired) electrons. The summed E-state index contributed by atoms with van der Waals surface area (Å²) in [6.07, 6.45) is 4.22. The van der Waals surface area contributed by atoms with Crippen LogP contribution in [-0.4, -0.2) is 13.1 Å². The molecule has 8 heavy (non-hydrogen) atoms. The summed E-state index contributed by atoms with van der Waals surface area (Å²) < 4.78 is 5.33. The predicted octanol–water partition coefficient (Wildman–Crippen LogP) is 1.06. The Morgan fingerprint density at radius 2 is 1.50 bits per heavy atom. The first-order chi connectivity index (χ1) is 4.00. The molecule has 1 aliphatic rings. The zero-order valence-corrected chi connectivity index (χ0v) is 5.76. The van der Waals surface area contributed by atoms with Gasteiger partial charge in [0.05, 0.1) is 0 Å². The van der Waals surface area contributed by atoms with Crippen LogP contribution in [0.1, 0.15) is 19.3 Å². The average molecular weight is 132 g/mol. The fraction of sp³-hybridized carbons (Fsp3) is 1.00. The van der Waals surface area contributed by atoms with Crippen molar-refractivity contribution in [3.63, 3.8) is 0 Å². The van der Waals surface area contributed by atoms with Gasteiger partial charge in [0.1, 0.15) is 0 Å². The first-order valence-electron chi connectivity index (χ1n) is 2.91. The van der Waals surface area contributed by atoms with Gasteiger partial charge in [-0.3, -0.25) is 0 Å². The van der Waals surface area contributed by atoms with Crippen LogP contribution in [0.25, 0.3) is 0 Å². The highest BCUT2D eigenvalue weighted by Crippen LogP contribution is 1.96. The van der Waals surface area contributed by atoms with Gasteiger partial charge in [-0.05, 0) is 25.9 Å². The maximum absolute atomic E-state index is 5.33. The van der Waals surface area contributed by atoms with Crippen molar-refractivity contribution in [2.45, 2.75) is 19.3 Å². The van der Waals surface area contributed by atoms with Crippen molar-refractivity contribution in [2.24, 2.45) is 0 Å². The molecule has 0 aromatic carbocycles. The lowest BCUT2D eigenvalue weighted by Gasteiger charge is -2.08. The number of hydrogen-bond donors (Lipinski definition) is 2. The molecule has 0 unspecified atom stereocenters. The van der Waals surface area contributed by atoms with E-state index in [0.717, 1.165) is 0 Å². The fourth-order valence-electron chi connectivity index (χ4n) is 0.802. The van der Waals surface area contributed by atoms with Gasteiger partial charge in [-0.1, -0.05) is 6.42 Å². The van der Waals surface area contributed by atoms with E-state index in [4.69, 9.17) is 4.78 Å². The first kappa shape index (κ1) is 7.98. The molecule has 0 aliphatic carbocycles. The summed E-state index contributed by atoms with van der Waals surface area (Å²) in [5, 5.41) is 3.28. The highest BCUT2D eigenvalue weighted by molar-refractivity contribution is 7.45. The van der Waals surface area contributed by atoms with Crippen LogP contribution in [0.15, 0.2) is 0 Å². The highest BCUT2D eigenvalue weighted by Gasteiger charge is 1.93. The highest BCUT2D eigenvalue weighted by atomic mass is 32.1. The summed E-state index contributed by atoms with van der Waals surface area (Å²) in [5.74, 6) is 0. The lowest BCUT2D eigenvalue weighted by molar-refractivity contribution is 0.520. The van der Waals surface area contributed by atoms with E-state index >= 15 is 0 Å². The number of rotatable bonds is 0. The molecule has 3 heteroatoms. The molecule has 1 rings (SSSR count). The lowest BCUT2D eigenvalue weighted by atomic mass is 10.2. The summed E-state index contributed by atoms with van der Waals surface area (Å²) in [7, 11) is 0. The van der Waals surface area contributed by atoms with E-state index in [1.165, 1.54) is 32.4 Å². The Balaban J connectivity index is 0.000000222. The van der Waals surface area contributed by atoms with Gasteiger partial charge in [-0.25, -0.2) is 4.78 Å². The second-order valence-corrected chi connectivity index (χ2v) is 1.81.